The standard InChI is InChI=1S/C29H33N3O2S/c1-20-17-26(33)27(28(22-8-9-22)32(20)19-25-7-4-16-35-25)29(34)31-14-12-30(13-15-31)24-11-10-21-5-2-3-6-23(21)18-24/h2-7,16-17,22,24H,8-15,18-19H2,1H3/t24-/m0/s1. The molecule has 3 heterocycles. The van der Waals surface area contributed by atoms with Crippen LogP contribution < -0.4 is 5.43 Å². The lowest BCUT2D eigenvalue weighted by Crippen LogP contribution is -2.53. The maximum Gasteiger partial charge on any atom is 0.259 e. The number of hydrogen-bond donors (Lipinski definition) is 0. The van der Waals surface area contributed by atoms with Gasteiger partial charge >= 0.3 is 0 Å². The van der Waals surface area contributed by atoms with Gasteiger partial charge in [0, 0.05) is 60.5 Å². The van der Waals surface area contributed by atoms with E-state index in [0.29, 0.717) is 30.6 Å². The fourth-order valence-electron chi connectivity index (χ4n) is 5.99. The molecule has 2 fully saturated rings. The summed E-state index contributed by atoms with van der Waals surface area (Å²) in [6.07, 6.45) is 5.54. The average Bonchev–Trinajstić information content (AvgIpc) is 3.59. The van der Waals surface area contributed by atoms with Gasteiger partial charge in [-0.3, -0.25) is 14.5 Å². The van der Waals surface area contributed by atoms with Crippen LogP contribution in [0, 0.1) is 6.92 Å². The van der Waals surface area contributed by atoms with E-state index in [2.05, 4.69) is 51.2 Å². The Labute approximate surface area is 211 Å². The van der Waals surface area contributed by atoms with E-state index in [1.807, 2.05) is 11.8 Å². The zero-order valence-corrected chi connectivity index (χ0v) is 21.2. The number of aryl methyl sites for hydroxylation is 2. The van der Waals surface area contributed by atoms with E-state index in [9.17, 15) is 9.59 Å². The third kappa shape index (κ3) is 4.50. The number of carbonyl (C=O) groups excluding carboxylic acids is 1. The van der Waals surface area contributed by atoms with Crippen LogP contribution in [0.5, 0.6) is 0 Å². The lowest BCUT2D eigenvalue weighted by Gasteiger charge is -2.41. The van der Waals surface area contributed by atoms with Gasteiger partial charge in [-0.25, -0.2) is 0 Å². The maximum absolute atomic E-state index is 13.8. The number of pyridine rings is 1. The van der Waals surface area contributed by atoms with Crippen molar-refractivity contribution in [3.63, 3.8) is 0 Å². The molecule has 0 spiro atoms. The first kappa shape index (κ1) is 22.7. The number of rotatable bonds is 5. The first-order valence-electron chi connectivity index (χ1n) is 13.0. The molecule has 182 valence electrons. The van der Waals surface area contributed by atoms with Gasteiger partial charge in [0.25, 0.3) is 5.91 Å². The highest BCUT2D eigenvalue weighted by Crippen LogP contribution is 2.42. The molecule has 3 aromatic rings. The van der Waals surface area contributed by atoms with Crippen molar-refractivity contribution in [2.75, 3.05) is 26.2 Å². The number of benzene rings is 1. The molecule has 5 nitrogen and oxygen atoms in total. The second-order valence-electron chi connectivity index (χ2n) is 10.3. The third-order valence-electron chi connectivity index (χ3n) is 8.07. The van der Waals surface area contributed by atoms with Crippen LogP contribution in [0.15, 0.2) is 52.6 Å². The van der Waals surface area contributed by atoms with Gasteiger partial charge in [0.15, 0.2) is 5.43 Å². The summed E-state index contributed by atoms with van der Waals surface area (Å²) in [7, 11) is 0. The fourth-order valence-corrected chi connectivity index (χ4v) is 6.69. The van der Waals surface area contributed by atoms with Gasteiger partial charge < -0.3 is 9.47 Å². The summed E-state index contributed by atoms with van der Waals surface area (Å²) in [5.74, 6) is 0.260. The van der Waals surface area contributed by atoms with Crippen molar-refractivity contribution < 1.29 is 4.79 Å². The Morgan fingerprint density at radius 3 is 2.49 bits per heavy atom. The minimum absolute atomic E-state index is 0.0644. The molecule has 1 aromatic carbocycles. The Morgan fingerprint density at radius 2 is 1.77 bits per heavy atom. The quantitative estimate of drug-likeness (QED) is 0.534. The molecule has 2 aromatic heterocycles. The Bertz CT molecular complexity index is 1280. The van der Waals surface area contributed by atoms with Gasteiger partial charge in [0.2, 0.25) is 0 Å². The molecule has 3 aliphatic rings. The van der Waals surface area contributed by atoms with Crippen molar-refractivity contribution in [2.45, 2.75) is 57.5 Å². The molecule has 1 saturated carbocycles. The lowest BCUT2D eigenvalue weighted by molar-refractivity contribution is 0.0550. The molecule has 1 amide bonds. The van der Waals surface area contributed by atoms with E-state index in [-0.39, 0.29) is 11.3 Å². The van der Waals surface area contributed by atoms with Crippen molar-refractivity contribution in [3.05, 3.63) is 91.0 Å². The largest absolute Gasteiger partial charge is 0.342 e. The molecule has 1 saturated heterocycles. The van der Waals surface area contributed by atoms with Crippen LogP contribution in [0.3, 0.4) is 0 Å². The molecule has 35 heavy (non-hydrogen) atoms. The van der Waals surface area contributed by atoms with Gasteiger partial charge in [-0.1, -0.05) is 30.3 Å². The number of amides is 1. The van der Waals surface area contributed by atoms with Crippen molar-refractivity contribution in [1.82, 2.24) is 14.4 Å². The molecule has 1 atom stereocenters. The molecule has 6 heteroatoms. The minimum Gasteiger partial charge on any atom is -0.342 e. The van der Waals surface area contributed by atoms with Gasteiger partial charge in [-0.2, -0.15) is 0 Å². The van der Waals surface area contributed by atoms with Crippen molar-refractivity contribution >= 4 is 17.2 Å². The van der Waals surface area contributed by atoms with Gasteiger partial charge in [0.1, 0.15) is 5.56 Å². The Hall–Kier alpha value is -2.70. The van der Waals surface area contributed by atoms with E-state index in [1.165, 1.54) is 22.4 Å². The maximum atomic E-state index is 13.8. The van der Waals surface area contributed by atoms with Crippen LogP contribution >= 0.6 is 11.3 Å². The smallest absolute Gasteiger partial charge is 0.259 e. The van der Waals surface area contributed by atoms with Crippen LogP contribution in [0.1, 0.15) is 62.9 Å². The number of fused-ring (bicyclic) bond motifs is 1. The fraction of sp³-hybridized carbons (Fsp3) is 0.448. The highest BCUT2D eigenvalue weighted by molar-refractivity contribution is 7.09. The third-order valence-corrected chi connectivity index (χ3v) is 8.93. The minimum atomic E-state index is -0.108. The second kappa shape index (κ2) is 9.40. The molecule has 0 unspecified atom stereocenters. The van der Waals surface area contributed by atoms with E-state index in [0.717, 1.165) is 56.7 Å². The zero-order chi connectivity index (χ0) is 23.9. The highest BCUT2D eigenvalue weighted by atomic mass is 32.1. The SMILES string of the molecule is Cc1cc(=O)c(C(=O)N2CCN([C@H]3CCc4ccccc4C3)CC2)c(C2CC2)n1Cc1cccs1. The predicted molar refractivity (Wildman–Crippen MR) is 141 cm³/mol. The summed E-state index contributed by atoms with van der Waals surface area (Å²) in [4.78, 5) is 32.7. The molecule has 0 radical (unpaired) electrons. The number of carbonyl (C=O) groups is 1. The highest BCUT2D eigenvalue weighted by Gasteiger charge is 2.36. The van der Waals surface area contributed by atoms with Crippen LogP contribution in [0.4, 0.5) is 0 Å². The summed E-state index contributed by atoms with van der Waals surface area (Å²) in [6, 6.07) is 15.2. The monoisotopic (exact) mass is 487 g/mol. The first-order chi connectivity index (χ1) is 17.1. The van der Waals surface area contributed by atoms with Crippen LogP contribution in [-0.4, -0.2) is 52.5 Å². The molecule has 6 rings (SSSR count). The van der Waals surface area contributed by atoms with E-state index in [4.69, 9.17) is 0 Å². The Morgan fingerprint density at radius 1 is 1.00 bits per heavy atom. The summed E-state index contributed by atoms with van der Waals surface area (Å²) in [5.41, 5.74) is 5.20. The van der Waals surface area contributed by atoms with Crippen LogP contribution in [-0.2, 0) is 19.4 Å². The molecule has 0 N–H and O–H groups in total. The number of hydrogen-bond acceptors (Lipinski definition) is 4. The second-order valence-corrected chi connectivity index (χ2v) is 11.4. The first-order valence-corrected chi connectivity index (χ1v) is 13.8. The lowest BCUT2D eigenvalue weighted by atomic mass is 9.87. The number of aromatic nitrogens is 1. The van der Waals surface area contributed by atoms with Gasteiger partial charge in [-0.15, -0.1) is 11.3 Å². The van der Waals surface area contributed by atoms with Crippen LogP contribution in [0.2, 0.25) is 0 Å². The van der Waals surface area contributed by atoms with Gasteiger partial charge in [0.05, 0.1) is 6.54 Å². The number of piperazine rings is 1. The Balaban J connectivity index is 1.21. The molecule has 1 aliphatic heterocycles. The normalized spacial score (nSPS) is 20.6. The summed E-state index contributed by atoms with van der Waals surface area (Å²) >= 11 is 1.72. The number of nitrogens with zero attached hydrogens (tertiary/aromatic N) is 3. The molecule has 2 aliphatic carbocycles. The van der Waals surface area contributed by atoms with E-state index >= 15 is 0 Å². The van der Waals surface area contributed by atoms with E-state index in [1.54, 1.807) is 17.4 Å². The van der Waals surface area contributed by atoms with Gasteiger partial charge in [-0.05, 0) is 61.6 Å². The predicted octanol–water partition coefficient (Wildman–Crippen LogP) is 4.46. The topological polar surface area (TPSA) is 45.6 Å². The zero-order valence-electron chi connectivity index (χ0n) is 20.4. The average molecular weight is 488 g/mol. The number of thiophene rings is 1. The van der Waals surface area contributed by atoms with Crippen LogP contribution in [0.25, 0.3) is 0 Å². The van der Waals surface area contributed by atoms with Crippen molar-refractivity contribution in [2.24, 2.45) is 0 Å². The molecular weight excluding hydrogens is 454 g/mol. The summed E-state index contributed by atoms with van der Waals surface area (Å²) in [6.45, 7) is 5.88. The van der Waals surface area contributed by atoms with E-state index < -0.39 is 0 Å². The van der Waals surface area contributed by atoms with Crippen molar-refractivity contribution in [3.8, 4) is 0 Å². The molecule has 0 bridgehead atoms. The molecular formula is C29H33N3O2S. The Kier molecular flexibility index (Phi) is 6.11. The summed E-state index contributed by atoms with van der Waals surface area (Å²) in [5, 5.41) is 2.08. The van der Waals surface area contributed by atoms with Crippen molar-refractivity contribution in [1.29, 1.82) is 0 Å². The summed E-state index contributed by atoms with van der Waals surface area (Å²) < 4.78 is 2.23.